The third-order valence-electron chi connectivity index (χ3n) is 5.30. The number of aromatic amines is 1. The van der Waals surface area contributed by atoms with Crippen molar-refractivity contribution in [3.05, 3.63) is 77.2 Å². The number of H-pyrrole nitrogens is 1. The van der Waals surface area contributed by atoms with Gasteiger partial charge in [0.05, 0.1) is 19.2 Å². The van der Waals surface area contributed by atoms with Gasteiger partial charge in [-0.1, -0.05) is 30.3 Å². The number of benzene rings is 2. The molecule has 6 heteroatoms. The lowest BCUT2D eigenvalue weighted by molar-refractivity contribution is -0.115. The predicted molar refractivity (Wildman–Crippen MR) is 105 cm³/mol. The van der Waals surface area contributed by atoms with E-state index >= 15 is 0 Å². The van der Waals surface area contributed by atoms with E-state index in [-0.39, 0.29) is 30.0 Å². The topological polar surface area (TPSA) is 67.0 Å². The summed E-state index contributed by atoms with van der Waals surface area (Å²) in [7, 11) is 1.61. The van der Waals surface area contributed by atoms with Crippen molar-refractivity contribution >= 4 is 11.7 Å². The Morgan fingerprint density at radius 1 is 1.18 bits per heavy atom. The summed E-state index contributed by atoms with van der Waals surface area (Å²) >= 11 is 0. The second kappa shape index (κ2) is 7.84. The van der Waals surface area contributed by atoms with Crippen LogP contribution in [0.5, 0.6) is 5.75 Å². The number of halogens is 1. The van der Waals surface area contributed by atoms with E-state index in [9.17, 15) is 9.18 Å². The second-order valence-electron chi connectivity index (χ2n) is 7.17. The highest BCUT2D eigenvalue weighted by Crippen LogP contribution is 2.47. The monoisotopic (exact) mass is 379 g/mol. The molecule has 1 aromatic heterocycles. The van der Waals surface area contributed by atoms with Gasteiger partial charge in [0.25, 0.3) is 0 Å². The SMILES string of the molecule is COc1ccc(CC(=O)Nc2cc(C3CC(c4ccccc4F)C3)n[nH]2)cc1. The predicted octanol–water partition coefficient (Wildman–Crippen LogP) is 4.40. The molecule has 1 aliphatic rings. The van der Waals surface area contributed by atoms with Gasteiger partial charge in [-0.15, -0.1) is 0 Å². The minimum absolute atomic E-state index is 0.113. The van der Waals surface area contributed by atoms with E-state index in [1.54, 1.807) is 13.2 Å². The molecule has 3 aromatic rings. The molecule has 0 aliphatic heterocycles. The van der Waals surface area contributed by atoms with Crippen molar-refractivity contribution in [1.29, 1.82) is 0 Å². The molecule has 5 nitrogen and oxygen atoms in total. The third-order valence-corrected chi connectivity index (χ3v) is 5.30. The van der Waals surface area contributed by atoms with Gasteiger partial charge in [0.15, 0.2) is 0 Å². The summed E-state index contributed by atoms with van der Waals surface area (Å²) in [5.74, 6) is 1.61. The van der Waals surface area contributed by atoms with E-state index in [4.69, 9.17) is 4.74 Å². The molecule has 1 fully saturated rings. The number of carbonyl (C=O) groups excluding carboxylic acids is 1. The maximum atomic E-state index is 13.9. The van der Waals surface area contributed by atoms with Crippen LogP contribution < -0.4 is 10.1 Å². The van der Waals surface area contributed by atoms with Crippen LogP contribution in [0.3, 0.4) is 0 Å². The van der Waals surface area contributed by atoms with E-state index in [2.05, 4.69) is 15.5 Å². The molecule has 0 bridgehead atoms. The van der Waals surface area contributed by atoms with Gasteiger partial charge >= 0.3 is 0 Å². The molecule has 0 atom stereocenters. The number of methoxy groups -OCH3 is 1. The number of carbonyl (C=O) groups is 1. The van der Waals surface area contributed by atoms with Gasteiger partial charge in [0.2, 0.25) is 5.91 Å². The highest BCUT2D eigenvalue weighted by Gasteiger charge is 2.34. The number of hydrogen-bond donors (Lipinski definition) is 2. The first-order valence-electron chi connectivity index (χ1n) is 9.35. The number of aromatic nitrogens is 2. The first-order chi connectivity index (χ1) is 13.6. The summed E-state index contributed by atoms with van der Waals surface area (Å²) in [6, 6.07) is 16.2. The standard InChI is InChI=1S/C22H22FN3O2/c1-28-17-8-6-14(7-9-17)10-22(27)24-21-13-20(25-26-21)16-11-15(12-16)18-4-2-3-5-19(18)23/h2-9,13,15-16H,10-12H2,1H3,(H2,24,25,26,27). The fourth-order valence-corrected chi connectivity index (χ4v) is 3.65. The number of anilines is 1. The van der Waals surface area contributed by atoms with Gasteiger partial charge in [-0.25, -0.2) is 4.39 Å². The van der Waals surface area contributed by atoms with E-state index in [1.165, 1.54) is 6.07 Å². The maximum absolute atomic E-state index is 13.9. The number of amides is 1. The number of nitrogens with zero attached hydrogens (tertiary/aromatic N) is 1. The van der Waals surface area contributed by atoms with Crippen molar-refractivity contribution in [2.24, 2.45) is 0 Å². The van der Waals surface area contributed by atoms with Crippen molar-refractivity contribution in [2.75, 3.05) is 12.4 Å². The quantitative estimate of drug-likeness (QED) is 0.667. The molecule has 144 valence electrons. The Bertz CT molecular complexity index is 962. The van der Waals surface area contributed by atoms with Crippen molar-refractivity contribution in [3.8, 4) is 5.75 Å². The van der Waals surface area contributed by atoms with E-state index in [0.29, 0.717) is 5.82 Å². The molecule has 1 heterocycles. The number of ether oxygens (including phenoxy) is 1. The van der Waals surface area contributed by atoms with E-state index < -0.39 is 0 Å². The van der Waals surface area contributed by atoms with Crippen LogP contribution in [0.1, 0.15) is 41.5 Å². The van der Waals surface area contributed by atoms with Crippen LogP contribution in [0.15, 0.2) is 54.6 Å². The van der Waals surface area contributed by atoms with Crippen molar-refractivity contribution < 1.29 is 13.9 Å². The van der Waals surface area contributed by atoms with Crippen LogP contribution in [-0.2, 0) is 11.2 Å². The Morgan fingerprint density at radius 2 is 1.93 bits per heavy atom. The van der Waals surface area contributed by atoms with Crippen LogP contribution in [0.2, 0.25) is 0 Å². The van der Waals surface area contributed by atoms with Crippen molar-refractivity contribution in [2.45, 2.75) is 31.1 Å². The number of nitrogens with one attached hydrogen (secondary N) is 2. The van der Waals surface area contributed by atoms with Gasteiger partial charge < -0.3 is 10.1 Å². The fourth-order valence-electron chi connectivity index (χ4n) is 3.65. The van der Waals surface area contributed by atoms with E-state index in [0.717, 1.165) is 35.4 Å². The highest BCUT2D eigenvalue weighted by molar-refractivity contribution is 5.91. The van der Waals surface area contributed by atoms with Crippen LogP contribution >= 0.6 is 0 Å². The summed E-state index contributed by atoms with van der Waals surface area (Å²) in [5.41, 5.74) is 2.60. The zero-order chi connectivity index (χ0) is 19.5. The second-order valence-corrected chi connectivity index (χ2v) is 7.17. The lowest BCUT2D eigenvalue weighted by Crippen LogP contribution is -2.21. The average molecular weight is 379 g/mol. The third kappa shape index (κ3) is 3.91. The van der Waals surface area contributed by atoms with Crippen LogP contribution in [0.25, 0.3) is 0 Å². The molecular weight excluding hydrogens is 357 g/mol. The molecule has 0 unspecified atom stereocenters. The first-order valence-corrected chi connectivity index (χ1v) is 9.35. The Hall–Kier alpha value is -3.15. The molecule has 0 saturated heterocycles. The molecular formula is C22H22FN3O2. The molecule has 1 amide bonds. The molecule has 28 heavy (non-hydrogen) atoms. The Morgan fingerprint density at radius 3 is 2.64 bits per heavy atom. The van der Waals surface area contributed by atoms with Crippen LogP contribution in [0.4, 0.5) is 10.2 Å². The fraction of sp³-hybridized carbons (Fsp3) is 0.273. The molecule has 0 spiro atoms. The van der Waals surface area contributed by atoms with E-state index in [1.807, 2.05) is 42.5 Å². The van der Waals surface area contributed by atoms with Crippen LogP contribution in [-0.4, -0.2) is 23.2 Å². The molecule has 2 N–H and O–H groups in total. The number of rotatable bonds is 6. The lowest BCUT2D eigenvalue weighted by atomic mass is 9.70. The van der Waals surface area contributed by atoms with Gasteiger partial charge in [-0.05, 0) is 48.1 Å². The minimum Gasteiger partial charge on any atom is -0.497 e. The van der Waals surface area contributed by atoms with Gasteiger partial charge in [-0.2, -0.15) is 5.10 Å². The Kier molecular flexibility index (Phi) is 5.10. The largest absolute Gasteiger partial charge is 0.497 e. The van der Waals surface area contributed by atoms with Gasteiger partial charge in [0, 0.05) is 12.0 Å². The summed E-state index contributed by atoms with van der Waals surface area (Å²) in [5, 5.41) is 10.0. The molecule has 0 radical (unpaired) electrons. The smallest absolute Gasteiger partial charge is 0.229 e. The van der Waals surface area contributed by atoms with Crippen LogP contribution in [0, 0.1) is 5.82 Å². The zero-order valence-corrected chi connectivity index (χ0v) is 15.6. The molecule has 2 aromatic carbocycles. The Balaban J connectivity index is 1.31. The molecule has 1 saturated carbocycles. The summed E-state index contributed by atoms with van der Waals surface area (Å²) in [4.78, 5) is 12.2. The molecule has 1 aliphatic carbocycles. The normalized spacial score (nSPS) is 18.4. The Labute approximate surface area is 162 Å². The minimum atomic E-state index is -0.139. The summed E-state index contributed by atoms with van der Waals surface area (Å²) in [6.45, 7) is 0. The highest BCUT2D eigenvalue weighted by atomic mass is 19.1. The average Bonchev–Trinajstić information content (AvgIpc) is 3.10. The van der Waals surface area contributed by atoms with Crippen molar-refractivity contribution in [3.63, 3.8) is 0 Å². The zero-order valence-electron chi connectivity index (χ0n) is 15.6. The van der Waals surface area contributed by atoms with Crippen molar-refractivity contribution in [1.82, 2.24) is 10.2 Å². The van der Waals surface area contributed by atoms with Gasteiger partial charge in [0.1, 0.15) is 17.4 Å². The number of hydrogen-bond acceptors (Lipinski definition) is 3. The lowest BCUT2D eigenvalue weighted by Gasteiger charge is -2.34. The summed E-state index contributed by atoms with van der Waals surface area (Å²) < 4.78 is 19.0. The molecule has 4 rings (SSSR count). The van der Waals surface area contributed by atoms with Gasteiger partial charge in [-0.3, -0.25) is 9.89 Å². The maximum Gasteiger partial charge on any atom is 0.229 e. The summed E-state index contributed by atoms with van der Waals surface area (Å²) in [6.07, 6.45) is 2.01. The first kappa shape index (κ1) is 18.2.